The smallest absolute Gasteiger partial charge is 0.0363 e. The van der Waals surface area contributed by atoms with Gasteiger partial charge < -0.3 is 17.2 Å². The third-order valence-corrected chi connectivity index (χ3v) is 1.60. The van der Waals surface area contributed by atoms with E-state index < -0.39 is 0 Å². The highest BCUT2D eigenvalue weighted by Crippen LogP contribution is 2.20. The largest absolute Gasteiger partial charge is 0.399 e. The molecule has 3 heteroatoms. The van der Waals surface area contributed by atoms with E-state index in [1.165, 1.54) is 0 Å². The molecule has 0 amide bonds. The summed E-state index contributed by atoms with van der Waals surface area (Å²) in [6.07, 6.45) is 0. The van der Waals surface area contributed by atoms with Crippen molar-refractivity contribution in [2.45, 2.75) is 13.0 Å². The Bertz CT molecular complexity index is 256. The first-order valence-corrected chi connectivity index (χ1v) is 3.51. The molecule has 1 atom stereocenters. The highest BCUT2D eigenvalue weighted by Gasteiger charge is 2.03. The SMILES string of the molecule is CC(N)c1cc(N)ccc1N. The number of hydrogen-bond donors (Lipinski definition) is 3. The topological polar surface area (TPSA) is 78.1 Å². The second-order valence-electron chi connectivity index (χ2n) is 2.68. The Morgan fingerprint density at radius 2 is 1.91 bits per heavy atom. The average Bonchev–Trinajstić information content (AvgIpc) is 1.94. The molecule has 0 aliphatic heterocycles. The van der Waals surface area contributed by atoms with Gasteiger partial charge in [0.2, 0.25) is 0 Å². The number of benzene rings is 1. The summed E-state index contributed by atoms with van der Waals surface area (Å²) in [7, 11) is 0. The van der Waals surface area contributed by atoms with Crippen LogP contribution in [0.3, 0.4) is 0 Å². The van der Waals surface area contributed by atoms with Gasteiger partial charge in [-0.1, -0.05) is 0 Å². The zero-order valence-electron chi connectivity index (χ0n) is 6.54. The molecule has 0 saturated heterocycles. The number of hydrogen-bond acceptors (Lipinski definition) is 3. The molecule has 60 valence electrons. The lowest BCUT2D eigenvalue weighted by molar-refractivity contribution is 0.822. The molecule has 0 heterocycles. The summed E-state index contributed by atoms with van der Waals surface area (Å²) in [5.41, 5.74) is 19.2. The van der Waals surface area contributed by atoms with Crippen molar-refractivity contribution in [2.24, 2.45) is 5.73 Å². The first-order chi connectivity index (χ1) is 5.11. The maximum absolute atomic E-state index is 5.65. The van der Waals surface area contributed by atoms with E-state index in [1.54, 1.807) is 18.2 Å². The van der Waals surface area contributed by atoms with Crippen molar-refractivity contribution in [3.05, 3.63) is 23.8 Å². The van der Waals surface area contributed by atoms with Gasteiger partial charge in [0.15, 0.2) is 0 Å². The maximum atomic E-state index is 5.65. The number of rotatable bonds is 1. The van der Waals surface area contributed by atoms with E-state index >= 15 is 0 Å². The van der Waals surface area contributed by atoms with Gasteiger partial charge in [-0.05, 0) is 30.7 Å². The van der Waals surface area contributed by atoms with Crippen LogP contribution in [0, 0.1) is 0 Å². The fourth-order valence-electron chi connectivity index (χ4n) is 0.988. The summed E-state index contributed by atoms with van der Waals surface area (Å²) in [5, 5.41) is 0. The van der Waals surface area contributed by atoms with Gasteiger partial charge in [-0.25, -0.2) is 0 Å². The Balaban J connectivity index is 3.13. The molecule has 0 bridgehead atoms. The molecule has 0 aromatic heterocycles. The molecule has 1 unspecified atom stereocenters. The maximum Gasteiger partial charge on any atom is 0.0363 e. The molecule has 6 N–H and O–H groups in total. The van der Waals surface area contributed by atoms with E-state index in [4.69, 9.17) is 17.2 Å². The minimum Gasteiger partial charge on any atom is -0.399 e. The zero-order valence-corrected chi connectivity index (χ0v) is 6.54. The Labute approximate surface area is 66.2 Å². The first kappa shape index (κ1) is 7.88. The number of nitrogens with two attached hydrogens (primary N) is 3. The molecule has 1 aromatic rings. The average molecular weight is 151 g/mol. The van der Waals surface area contributed by atoms with E-state index in [2.05, 4.69) is 0 Å². The second kappa shape index (κ2) is 2.80. The van der Waals surface area contributed by atoms with Crippen molar-refractivity contribution in [3.63, 3.8) is 0 Å². The lowest BCUT2D eigenvalue weighted by Crippen LogP contribution is -2.08. The molecule has 3 nitrogen and oxygen atoms in total. The van der Waals surface area contributed by atoms with E-state index in [9.17, 15) is 0 Å². The predicted octanol–water partition coefficient (Wildman–Crippen LogP) is 0.871. The third-order valence-electron chi connectivity index (χ3n) is 1.60. The van der Waals surface area contributed by atoms with Gasteiger partial charge in [-0.15, -0.1) is 0 Å². The van der Waals surface area contributed by atoms with Crippen LogP contribution in [0.25, 0.3) is 0 Å². The summed E-state index contributed by atoms with van der Waals surface area (Å²) in [6, 6.07) is 5.29. The lowest BCUT2D eigenvalue weighted by atomic mass is 10.1. The van der Waals surface area contributed by atoms with Crippen LogP contribution in [0.4, 0.5) is 11.4 Å². The van der Waals surface area contributed by atoms with Gasteiger partial charge in [0.1, 0.15) is 0 Å². The Morgan fingerprint density at radius 3 is 2.36 bits per heavy atom. The normalized spacial score (nSPS) is 12.9. The van der Waals surface area contributed by atoms with Crippen molar-refractivity contribution in [1.29, 1.82) is 0 Å². The van der Waals surface area contributed by atoms with Gasteiger partial charge in [0, 0.05) is 17.4 Å². The molecule has 0 aliphatic carbocycles. The van der Waals surface area contributed by atoms with Crippen LogP contribution in [0.5, 0.6) is 0 Å². The monoisotopic (exact) mass is 151 g/mol. The molecule has 0 saturated carbocycles. The zero-order chi connectivity index (χ0) is 8.43. The van der Waals surface area contributed by atoms with Crippen LogP contribution >= 0.6 is 0 Å². The van der Waals surface area contributed by atoms with E-state index in [0.29, 0.717) is 11.4 Å². The van der Waals surface area contributed by atoms with Crippen LogP contribution in [-0.4, -0.2) is 0 Å². The van der Waals surface area contributed by atoms with Gasteiger partial charge in [-0.2, -0.15) is 0 Å². The fourth-order valence-corrected chi connectivity index (χ4v) is 0.988. The van der Waals surface area contributed by atoms with Crippen LogP contribution in [0.1, 0.15) is 18.5 Å². The van der Waals surface area contributed by atoms with Crippen molar-refractivity contribution in [3.8, 4) is 0 Å². The van der Waals surface area contributed by atoms with Crippen LogP contribution in [0.15, 0.2) is 18.2 Å². The predicted molar refractivity (Wildman–Crippen MR) is 47.9 cm³/mol. The van der Waals surface area contributed by atoms with Crippen molar-refractivity contribution in [2.75, 3.05) is 11.5 Å². The van der Waals surface area contributed by atoms with E-state index in [-0.39, 0.29) is 6.04 Å². The molecule has 1 rings (SSSR count). The lowest BCUT2D eigenvalue weighted by Gasteiger charge is -2.09. The molecular weight excluding hydrogens is 138 g/mol. The minimum atomic E-state index is -0.0569. The summed E-state index contributed by atoms with van der Waals surface area (Å²) in [6.45, 7) is 1.88. The van der Waals surface area contributed by atoms with Crippen LogP contribution < -0.4 is 17.2 Å². The van der Waals surface area contributed by atoms with E-state index in [0.717, 1.165) is 5.56 Å². The van der Waals surface area contributed by atoms with Crippen molar-refractivity contribution >= 4 is 11.4 Å². The standard InChI is InChI=1S/C8H13N3/c1-5(9)7-4-6(10)2-3-8(7)11/h2-5H,9-11H2,1H3. The first-order valence-electron chi connectivity index (χ1n) is 3.51. The number of anilines is 2. The summed E-state index contributed by atoms with van der Waals surface area (Å²) < 4.78 is 0. The molecule has 0 fully saturated rings. The Morgan fingerprint density at radius 1 is 1.27 bits per heavy atom. The molecule has 11 heavy (non-hydrogen) atoms. The Hall–Kier alpha value is -1.22. The molecule has 0 aliphatic rings. The van der Waals surface area contributed by atoms with Crippen LogP contribution in [-0.2, 0) is 0 Å². The second-order valence-corrected chi connectivity index (χ2v) is 2.68. The molecule has 0 radical (unpaired) electrons. The molecular formula is C8H13N3. The van der Waals surface area contributed by atoms with Crippen LogP contribution in [0.2, 0.25) is 0 Å². The Kier molecular flexibility index (Phi) is 2.01. The molecule has 1 aromatic carbocycles. The van der Waals surface area contributed by atoms with E-state index in [1.807, 2.05) is 6.92 Å². The van der Waals surface area contributed by atoms with Crippen molar-refractivity contribution in [1.82, 2.24) is 0 Å². The van der Waals surface area contributed by atoms with Gasteiger partial charge >= 0.3 is 0 Å². The third kappa shape index (κ3) is 1.62. The minimum absolute atomic E-state index is 0.0569. The van der Waals surface area contributed by atoms with Gasteiger partial charge in [0.25, 0.3) is 0 Å². The van der Waals surface area contributed by atoms with Gasteiger partial charge in [0.05, 0.1) is 0 Å². The highest BCUT2D eigenvalue weighted by molar-refractivity contribution is 5.56. The summed E-state index contributed by atoms with van der Waals surface area (Å²) >= 11 is 0. The highest BCUT2D eigenvalue weighted by atomic mass is 14.7. The number of nitrogen functional groups attached to an aromatic ring is 2. The quantitative estimate of drug-likeness (QED) is 0.521. The van der Waals surface area contributed by atoms with Crippen molar-refractivity contribution < 1.29 is 0 Å². The summed E-state index contributed by atoms with van der Waals surface area (Å²) in [4.78, 5) is 0. The fraction of sp³-hybridized carbons (Fsp3) is 0.250. The molecule has 0 spiro atoms. The summed E-state index contributed by atoms with van der Waals surface area (Å²) in [5.74, 6) is 0. The van der Waals surface area contributed by atoms with Gasteiger partial charge in [-0.3, -0.25) is 0 Å².